The van der Waals surface area contributed by atoms with Crippen LogP contribution in [0.4, 0.5) is 4.39 Å². The molecule has 0 N–H and O–H groups in total. The first-order chi connectivity index (χ1) is 7.54. The quantitative estimate of drug-likeness (QED) is 0.676. The van der Waals surface area contributed by atoms with Gasteiger partial charge in [0, 0.05) is 11.1 Å². The largest absolute Gasteiger partial charge is 0.253 e. The van der Waals surface area contributed by atoms with E-state index >= 15 is 0 Å². The maximum Gasteiger partial charge on any atom is 0.161 e. The number of hydrogen-bond donors (Lipinski definition) is 0. The molecule has 2 aromatic rings. The molecule has 0 saturated carbocycles. The highest BCUT2D eigenvalue weighted by atomic mass is 35.5. The van der Waals surface area contributed by atoms with Gasteiger partial charge in [0.25, 0.3) is 0 Å². The van der Waals surface area contributed by atoms with Gasteiger partial charge in [-0.1, -0.05) is 41.7 Å². The Balaban J connectivity index is 2.90. The minimum Gasteiger partial charge on any atom is -0.253 e. The van der Waals surface area contributed by atoms with Crippen LogP contribution in [0.1, 0.15) is 12.6 Å². The Labute approximate surface area is 107 Å². The van der Waals surface area contributed by atoms with Crippen molar-refractivity contribution in [2.24, 2.45) is 0 Å². The third kappa shape index (κ3) is 1.86. The molecule has 1 aromatic heterocycles. The van der Waals surface area contributed by atoms with Gasteiger partial charge in [-0.2, -0.15) is 0 Å². The highest BCUT2D eigenvalue weighted by Gasteiger charge is 2.14. The number of aryl methyl sites for hydroxylation is 1. The highest BCUT2D eigenvalue weighted by Crippen LogP contribution is 2.35. The maximum absolute atomic E-state index is 13.5. The van der Waals surface area contributed by atoms with E-state index in [9.17, 15) is 4.39 Å². The summed E-state index contributed by atoms with van der Waals surface area (Å²) >= 11 is 17.6. The van der Waals surface area contributed by atoms with Gasteiger partial charge in [0.05, 0.1) is 20.6 Å². The van der Waals surface area contributed by atoms with Gasteiger partial charge >= 0.3 is 0 Å². The zero-order valence-corrected chi connectivity index (χ0v) is 10.6. The summed E-state index contributed by atoms with van der Waals surface area (Å²) in [5.41, 5.74) is 1.33. The van der Waals surface area contributed by atoms with Crippen LogP contribution in [-0.4, -0.2) is 4.98 Å². The smallest absolute Gasteiger partial charge is 0.161 e. The van der Waals surface area contributed by atoms with Crippen LogP contribution in [0.2, 0.25) is 15.1 Å². The van der Waals surface area contributed by atoms with Crippen molar-refractivity contribution >= 4 is 45.7 Å². The molecule has 0 unspecified atom stereocenters. The van der Waals surface area contributed by atoms with E-state index in [0.717, 1.165) is 12.1 Å². The molecule has 0 fully saturated rings. The predicted molar refractivity (Wildman–Crippen MR) is 66.1 cm³/mol. The van der Waals surface area contributed by atoms with Gasteiger partial charge in [-0.05, 0) is 18.6 Å². The van der Waals surface area contributed by atoms with Crippen molar-refractivity contribution in [3.05, 3.63) is 38.7 Å². The summed E-state index contributed by atoms with van der Waals surface area (Å²) in [6.45, 7) is 1.96. The van der Waals surface area contributed by atoms with Gasteiger partial charge in [-0.25, -0.2) is 4.39 Å². The molecular formula is C11H7Cl3FN. The monoisotopic (exact) mass is 277 g/mol. The van der Waals surface area contributed by atoms with Crippen molar-refractivity contribution in [1.82, 2.24) is 4.98 Å². The Morgan fingerprint density at radius 3 is 2.50 bits per heavy atom. The third-order valence-electron chi connectivity index (χ3n) is 2.30. The van der Waals surface area contributed by atoms with E-state index in [1.165, 1.54) is 6.07 Å². The lowest BCUT2D eigenvalue weighted by Crippen LogP contribution is -1.92. The SMILES string of the molecule is CCc1cc(Cl)c2c(Cl)c(F)c(Cl)cc2n1. The standard InChI is InChI=1S/C11H7Cl3FN/c1-2-5-3-6(12)9-8(16-5)4-7(13)11(15)10(9)14/h3-4H,2H2,1H3. The summed E-state index contributed by atoms with van der Waals surface area (Å²) in [6, 6.07) is 3.12. The zero-order valence-electron chi connectivity index (χ0n) is 8.32. The molecule has 2 rings (SSSR count). The fourth-order valence-electron chi connectivity index (χ4n) is 1.48. The Bertz CT molecular complexity index is 569. The molecule has 0 bridgehead atoms. The van der Waals surface area contributed by atoms with Gasteiger partial charge in [0.15, 0.2) is 5.82 Å². The van der Waals surface area contributed by atoms with Crippen LogP contribution >= 0.6 is 34.8 Å². The molecule has 1 nitrogen and oxygen atoms in total. The number of benzene rings is 1. The van der Waals surface area contributed by atoms with Crippen molar-refractivity contribution in [3.63, 3.8) is 0 Å². The molecule has 84 valence electrons. The molecule has 0 radical (unpaired) electrons. The van der Waals surface area contributed by atoms with Gasteiger partial charge in [0.2, 0.25) is 0 Å². The average Bonchev–Trinajstić information content (AvgIpc) is 2.25. The first-order valence-corrected chi connectivity index (χ1v) is 5.80. The number of pyridine rings is 1. The van der Waals surface area contributed by atoms with E-state index in [2.05, 4.69) is 4.98 Å². The molecule has 5 heteroatoms. The van der Waals surface area contributed by atoms with Crippen LogP contribution in [0.5, 0.6) is 0 Å². The van der Waals surface area contributed by atoms with Gasteiger partial charge in [-0.15, -0.1) is 0 Å². The summed E-state index contributed by atoms with van der Waals surface area (Å²) in [5.74, 6) is -0.663. The Morgan fingerprint density at radius 2 is 1.88 bits per heavy atom. The third-order valence-corrected chi connectivity index (χ3v) is 3.23. The fourth-order valence-corrected chi connectivity index (χ4v) is 2.40. The first kappa shape index (κ1) is 11.9. The van der Waals surface area contributed by atoms with Crippen molar-refractivity contribution < 1.29 is 4.39 Å². The van der Waals surface area contributed by atoms with E-state index in [1.54, 1.807) is 6.07 Å². The molecule has 1 heterocycles. The second kappa shape index (κ2) is 4.36. The summed E-state index contributed by atoms with van der Waals surface area (Å²) in [7, 11) is 0. The van der Waals surface area contributed by atoms with Crippen molar-refractivity contribution in [2.45, 2.75) is 13.3 Å². The second-order valence-electron chi connectivity index (χ2n) is 3.33. The average molecular weight is 279 g/mol. The topological polar surface area (TPSA) is 12.9 Å². The summed E-state index contributed by atoms with van der Waals surface area (Å²) in [5, 5.41) is 0.668. The lowest BCUT2D eigenvalue weighted by molar-refractivity contribution is 0.630. The zero-order chi connectivity index (χ0) is 11.9. The van der Waals surface area contributed by atoms with Gasteiger partial charge < -0.3 is 0 Å². The van der Waals surface area contributed by atoms with E-state index < -0.39 is 5.82 Å². The molecule has 16 heavy (non-hydrogen) atoms. The van der Waals surface area contributed by atoms with Crippen molar-refractivity contribution in [3.8, 4) is 0 Å². The minimum atomic E-state index is -0.663. The van der Waals surface area contributed by atoms with E-state index in [1.807, 2.05) is 6.92 Å². The van der Waals surface area contributed by atoms with E-state index in [-0.39, 0.29) is 10.0 Å². The van der Waals surface area contributed by atoms with E-state index in [0.29, 0.717) is 15.9 Å². The maximum atomic E-state index is 13.5. The molecule has 0 aliphatic carbocycles. The lowest BCUT2D eigenvalue weighted by atomic mass is 10.1. The van der Waals surface area contributed by atoms with Crippen molar-refractivity contribution in [1.29, 1.82) is 0 Å². The van der Waals surface area contributed by atoms with Crippen LogP contribution in [0.25, 0.3) is 10.9 Å². The normalized spacial score (nSPS) is 11.1. The minimum absolute atomic E-state index is 0.0469. The number of rotatable bonds is 1. The Kier molecular flexibility index (Phi) is 3.24. The molecule has 0 amide bonds. The van der Waals surface area contributed by atoms with Crippen LogP contribution < -0.4 is 0 Å². The molecular weight excluding hydrogens is 271 g/mol. The van der Waals surface area contributed by atoms with Crippen LogP contribution in [0.3, 0.4) is 0 Å². The number of hydrogen-bond acceptors (Lipinski definition) is 1. The van der Waals surface area contributed by atoms with Crippen LogP contribution in [0.15, 0.2) is 12.1 Å². The lowest BCUT2D eigenvalue weighted by Gasteiger charge is -2.07. The van der Waals surface area contributed by atoms with Crippen LogP contribution in [-0.2, 0) is 6.42 Å². The summed E-state index contributed by atoms with van der Waals surface area (Å²) in [4.78, 5) is 4.30. The summed E-state index contributed by atoms with van der Waals surface area (Å²) in [6.07, 6.45) is 0.738. The number of aromatic nitrogens is 1. The molecule has 0 spiro atoms. The van der Waals surface area contributed by atoms with Gasteiger partial charge in [-0.3, -0.25) is 4.98 Å². The van der Waals surface area contributed by atoms with Crippen LogP contribution in [0, 0.1) is 5.82 Å². The molecule has 0 aliphatic rings. The molecule has 0 atom stereocenters. The second-order valence-corrected chi connectivity index (χ2v) is 4.52. The number of fused-ring (bicyclic) bond motifs is 1. The fraction of sp³-hybridized carbons (Fsp3) is 0.182. The molecule has 1 aromatic carbocycles. The Hall–Kier alpha value is -0.570. The molecule has 0 saturated heterocycles. The number of nitrogens with zero attached hydrogens (tertiary/aromatic N) is 1. The first-order valence-electron chi connectivity index (χ1n) is 4.67. The predicted octanol–water partition coefficient (Wildman–Crippen LogP) is 4.90. The number of halogens is 4. The van der Waals surface area contributed by atoms with Crippen molar-refractivity contribution in [2.75, 3.05) is 0 Å². The Morgan fingerprint density at radius 1 is 1.19 bits per heavy atom. The van der Waals surface area contributed by atoms with E-state index in [4.69, 9.17) is 34.8 Å². The van der Waals surface area contributed by atoms with Gasteiger partial charge in [0.1, 0.15) is 0 Å². The summed E-state index contributed by atoms with van der Waals surface area (Å²) < 4.78 is 13.5. The highest BCUT2D eigenvalue weighted by molar-refractivity contribution is 6.43. The molecule has 0 aliphatic heterocycles.